The van der Waals surface area contributed by atoms with E-state index in [4.69, 9.17) is 9.84 Å². The number of carbonyl (C=O) groups excluding carboxylic acids is 1. The van der Waals surface area contributed by atoms with Gasteiger partial charge in [-0.2, -0.15) is 0 Å². The Morgan fingerprint density at radius 3 is 1.50 bits per heavy atom. The molecule has 10 atom stereocenters. The van der Waals surface area contributed by atoms with Gasteiger partial charge in [-0.1, -0.05) is 94.9 Å². The number of fused-ring (bicyclic) bond motifs is 2. The minimum Gasteiger partial charge on any atom is -0.481 e. The monoisotopic (exact) mass is 645 g/mol. The first-order valence-electron chi connectivity index (χ1n) is 19.7. The molecule has 268 valence electrons. The van der Waals surface area contributed by atoms with Crippen LogP contribution in [0.2, 0.25) is 0 Å². The van der Waals surface area contributed by atoms with Crippen LogP contribution in [-0.4, -0.2) is 23.7 Å². The van der Waals surface area contributed by atoms with E-state index in [1.165, 1.54) is 77.0 Å². The van der Waals surface area contributed by atoms with Crippen molar-refractivity contribution in [1.29, 1.82) is 0 Å². The third kappa shape index (κ3) is 9.34. The van der Waals surface area contributed by atoms with Gasteiger partial charge in [-0.3, -0.25) is 9.59 Å². The van der Waals surface area contributed by atoms with Crippen LogP contribution in [0.3, 0.4) is 0 Å². The Kier molecular flexibility index (Phi) is 13.8. The first-order chi connectivity index (χ1) is 21.4. The molecule has 0 radical (unpaired) electrons. The second-order valence-corrected chi connectivity index (χ2v) is 19.1. The lowest BCUT2D eigenvalue weighted by Crippen LogP contribution is -2.51. The molecule has 0 aromatic heterocycles. The summed E-state index contributed by atoms with van der Waals surface area (Å²) in [7, 11) is 0. The maximum atomic E-state index is 11.7. The van der Waals surface area contributed by atoms with Crippen LogP contribution in [0.15, 0.2) is 0 Å². The van der Waals surface area contributed by atoms with Crippen molar-refractivity contribution >= 4 is 11.9 Å². The summed E-state index contributed by atoms with van der Waals surface area (Å²) in [6.45, 7) is 26.7. The zero-order valence-electron chi connectivity index (χ0n) is 32.3. The molecular formula is C42H76O4. The highest BCUT2D eigenvalue weighted by atomic mass is 16.5. The largest absolute Gasteiger partial charge is 0.481 e. The van der Waals surface area contributed by atoms with Gasteiger partial charge < -0.3 is 9.84 Å². The molecule has 0 amide bonds. The van der Waals surface area contributed by atoms with Crippen molar-refractivity contribution in [3.05, 3.63) is 0 Å². The number of hydrogen-bond donors (Lipinski definition) is 1. The number of rotatable bonds is 11. The number of esters is 1. The van der Waals surface area contributed by atoms with Gasteiger partial charge in [-0.15, -0.1) is 0 Å². The van der Waals surface area contributed by atoms with Crippen molar-refractivity contribution in [2.75, 3.05) is 6.61 Å². The van der Waals surface area contributed by atoms with Crippen LogP contribution in [0.25, 0.3) is 0 Å². The second kappa shape index (κ2) is 16.1. The minimum atomic E-state index is -0.646. The molecule has 1 N–H and O–H groups in total. The molecular weight excluding hydrogens is 568 g/mol. The Labute approximate surface area is 285 Å². The lowest BCUT2D eigenvalue weighted by molar-refractivity contribution is -0.144. The molecule has 0 aliphatic heterocycles. The van der Waals surface area contributed by atoms with Crippen LogP contribution >= 0.6 is 0 Å². The average molecular weight is 645 g/mol. The maximum absolute atomic E-state index is 11.7. The quantitative estimate of drug-likeness (QED) is 0.227. The molecule has 0 saturated heterocycles. The fourth-order valence-electron chi connectivity index (χ4n) is 12.4. The SMILES string of the molecule is CC(CCC1C(C)CCC2C(C)(C)CCCC12C)CC(=O)O.CCOC(=O)CC(C)CCC1C(C)CCC2C(C)(C)CCCC12C. The van der Waals surface area contributed by atoms with E-state index in [1.807, 2.05) is 6.92 Å². The van der Waals surface area contributed by atoms with Crippen LogP contribution in [0.1, 0.15) is 179 Å². The highest BCUT2D eigenvalue weighted by Gasteiger charge is 2.54. The molecule has 4 heteroatoms. The van der Waals surface area contributed by atoms with Gasteiger partial charge >= 0.3 is 11.9 Å². The Hall–Kier alpha value is -1.06. The van der Waals surface area contributed by atoms with Gasteiger partial charge in [0.2, 0.25) is 0 Å². The van der Waals surface area contributed by atoms with Crippen molar-refractivity contribution in [2.24, 2.45) is 69.0 Å². The van der Waals surface area contributed by atoms with E-state index < -0.39 is 5.97 Å². The number of carboxylic acids is 1. The Morgan fingerprint density at radius 2 is 1.11 bits per heavy atom. The topological polar surface area (TPSA) is 63.6 Å². The van der Waals surface area contributed by atoms with E-state index in [0.717, 1.165) is 48.3 Å². The second-order valence-electron chi connectivity index (χ2n) is 19.1. The van der Waals surface area contributed by atoms with Gasteiger partial charge in [0, 0.05) is 12.8 Å². The Bertz CT molecular complexity index is 984. The fourth-order valence-corrected chi connectivity index (χ4v) is 12.4. The number of ether oxygens (including phenoxy) is 1. The van der Waals surface area contributed by atoms with Crippen molar-refractivity contribution in [2.45, 2.75) is 179 Å². The summed E-state index contributed by atoms with van der Waals surface area (Å²) in [4.78, 5) is 22.6. The summed E-state index contributed by atoms with van der Waals surface area (Å²) in [5, 5.41) is 8.98. The zero-order valence-corrected chi connectivity index (χ0v) is 32.3. The molecule has 10 unspecified atom stereocenters. The molecule has 0 spiro atoms. The predicted octanol–water partition coefficient (Wildman–Crippen LogP) is 12.0. The predicted molar refractivity (Wildman–Crippen MR) is 193 cm³/mol. The van der Waals surface area contributed by atoms with Crippen LogP contribution < -0.4 is 0 Å². The van der Waals surface area contributed by atoms with Gasteiger partial charge in [0.25, 0.3) is 0 Å². The van der Waals surface area contributed by atoms with E-state index in [-0.39, 0.29) is 5.97 Å². The summed E-state index contributed by atoms with van der Waals surface area (Å²) >= 11 is 0. The summed E-state index contributed by atoms with van der Waals surface area (Å²) in [6, 6.07) is 0. The normalized spacial score (nSPS) is 37.8. The molecule has 4 saturated carbocycles. The van der Waals surface area contributed by atoms with Gasteiger partial charge in [0.15, 0.2) is 0 Å². The third-order valence-corrected chi connectivity index (χ3v) is 14.7. The summed E-state index contributed by atoms with van der Waals surface area (Å²) in [6.07, 6.45) is 19.5. The molecule has 0 aromatic rings. The van der Waals surface area contributed by atoms with Gasteiger partial charge in [-0.25, -0.2) is 0 Å². The molecule has 4 rings (SSSR count). The minimum absolute atomic E-state index is 0.0235. The van der Waals surface area contributed by atoms with Crippen molar-refractivity contribution in [1.82, 2.24) is 0 Å². The summed E-state index contributed by atoms with van der Waals surface area (Å²) < 4.78 is 5.12. The maximum Gasteiger partial charge on any atom is 0.306 e. The van der Waals surface area contributed by atoms with E-state index in [1.54, 1.807) is 0 Å². The zero-order chi connectivity index (χ0) is 34.5. The standard InChI is InChI=1S/C22H40O2.C20H36O2/c1-7-24-20(23)15-16(2)9-11-18-17(3)10-12-19-21(4,5)13-8-14-22(18,19)6;1-14(13-18(21)22)7-9-16-15(2)8-10-17-19(3,4)11-6-12-20(16,17)5/h16-19H,7-15H2,1-6H3;14-17H,6-13H2,1-5H3,(H,21,22). The summed E-state index contributed by atoms with van der Waals surface area (Å²) in [5.74, 6) is 5.04. The number of carboxylic acid groups (broad SMARTS) is 1. The highest BCUT2D eigenvalue weighted by Crippen LogP contribution is 2.63. The van der Waals surface area contributed by atoms with E-state index in [0.29, 0.717) is 52.9 Å². The van der Waals surface area contributed by atoms with Gasteiger partial charge in [0.1, 0.15) is 0 Å². The number of aliphatic carboxylic acids is 1. The third-order valence-electron chi connectivity index (χ3n) is 14.7. The molecule has 0 bridgehead atoms. The van der Waals surface area contributed by atoms with E-state index >= 15 is 0 Å². The lowest BCUT2D eigenvalue weighted by Gasteiger charge is -2.59. The Morgan fingerprint density at radius 1 is 0.696 bits per heavy atom. The first kappa shape index (κ1) is 39.4. The van der Waals surface area contributed by atoms with Crippen molar-refractivity contribution in [3.63, 3.8) is 0 Å². The van der Waals surface area contributed by atoms with E-state index in [2.05, 4.69) is 69.2 Å². The number of hydrogen-bond acceptors (Lipinski definition) is 3. The van der Waals surface area contributed by atoms with Crippen LogP contribution in [0.4, 0.5) is 0 Å². The van der Waals surface area contributed by atoms with Crippen LogP contribution in [-0.2, 0) is 14.3 Å². The van der Waals surface area contributed by atoms with Gasteiger partial charge in [-0.05, 0) is 140 Å². The van der Waals surface area contributed by atoms with E-state index in [9.17, 15) is 9.59 Å². The lowest BCUT2D eigenvalue weighted by atomic mass is 9.46. The fraction of sp³-hybridized carbons (Fsp3) is 0.952. The highest BCUT2D eigenvalue weighted by molar-refractivity contribution is 5.69. The van der Waals surface area contributed by atoms with Crippen LogP contribution in [0, 0.1) is 69.0 Å². The molecule has 0 aromatic carbocycles. The number of carbonyl (C=O) groups is 2. The van der Waals surface area contributed by atoms with Crippen LogP contribution in [0.5, 0.6) is 0 Å². The smallest absolute Gasteiger partial charge is 0.306 e. The molecule has 4 nitrogen and oxygen atoms in total. The molecule has 4 aliphatic carbocycles. The molecule has 4 fully saturated rings. The molecule has 4 aliphatic rings. The van der Waals surface area contributed by atoms with Crippen molar-refractivity contribution in [3.8, 4) is 0 Å². The summed E-state index contributed by atoms with van der Waals surface area (Å²) in [5.41, 5.74) is 1.96. The molecule has 46 heavy (non-hydrogen) atoms. The first-order valence-corrected chi connectivity index (χ1v) is 19.7. The Balaban J connectivity index is 0.000000251. The van der Waals surface area contributed by atoms with Crippen molar-refractivity contribution < 1.29 is 19.4 Å². The molecule has 0 heterocycles. The average Bonchev–Trinajstić information content (AvgIpc) is 2.91. The van der Waals surface area contributed by atoms with Gasteiger partial charge in [0.05, 0.1) is 6.61 Å².